The lowest BCUT2D eigenvalue weighted by molar-refractivity contribution is 0.425. The lowest BCUT2D eigenvalue weighted by Gasteiger charge is -2.25. The molecule has 6 heteroatoms. The summed E-state index contributed by atoms with van der Waals surface area (Å²) in [6, 6.07) is 7.46. The minimum absolute atomic E-state index is 0.0122. The lowest BCUT2D eigenvalue weighted by atomic mass is 9.87. The first-order chi connectivity index (χ1) is 10.7. The van der Waals surface area contributed by atoms with Crippen LogP contribution in [0.25, 0.3) is 11.4 Å². The molecule has 112 valence electrons. The summed E-state index contributed by atoms with van der Waals surface area (Å²) in [7, 11) is 0. The van der Waals surface area contributed by atoms with Crippen molar-refractivity contribution < 1.29 is 5.11 Å². The number of hydrogen-bond acceptors (Lipinski definition) is 6. The van der Waals surface area contributed by atoms with Gasteiger partial charge in [0.2, 0.25) is 0 Å². The second-order valence-corrected chi connectivity index (χ2v) is 5.35. The van der Waals surface area contributed by atoms with Crippen LogP contribution in [0, 0.1) is 11.3 Å². The number of rotatable bonds is 2. The number of anilines is 1. The van der Waals surface area contributed by atoms with Crippen LogP contribution in [-0.4, -0.2) is 28.2 Å². The van der Waals surface area contributed by atoms with Gasteiger partial charge in [-0.05, 0) is 31.5 Å². The number of aromatic hydroxyl groups is 1. The van der Waals surface area contributed by atoms with Crippen molar-refractivity contribution in [2.45, 2.75) is 18.8 Å². The van der Waals surface area contributed by atoms with Crippen LogP contribution in [-0.2, 0) is 0 Å². The van der Waals surface area contributed by atoms with Crippen LogP contribution in [0.3, 0.4) is 0 Å². The Kier molecular flexibility index (Phi) is 3.90. The third-order valence-corrected chi connectivity index (χ3v) is 3.96. The molecule has 4 N–H and O–H groups in total. The van der Waals surface area contributed by atoms with Crippen molar-refractivity contribution in [3.63, 3.8) is 0 Å². The highest BCUT2D eigenvalue weighted by atomic mass is 16.3. The van der Waals surface area contributed by atoms with Gasteiger partial charge in [0.25, 0.3) is 0 Å². The summed E-state index contributed by atoms with van der Waals surface area (Å²) in [4.78, 5) is 8.41. The quantitative estimate of drug-likeness (QED) is 0.779. The van der Waals surface area contributed by atoms with E-state index in [1.165, 1.54) is 0 Å². The lowest BCUT2D eigenvalue weighted by Crippen LogP contribution is -2.29. The van der Waals surface area contributed by atoms with Crippen LogP contribution in [0.4, 0.5) is 5.82 Å². The Balaban J connectivity index is 2.18. The van der Waals surface area contributed by atoms with Gasteiger partial charge in [-0.25, -0.2) is 4.98 Å². The number of pyridine rings is 2. The number of nitrogens with one attached hydrogen (secondary N) is 1. The fourth-order valence-corrected chi connectivity index (χ4v) is 2.91. The highest BCUT2D eigenvalue weighted by molar-refractivity contribution is 5.72. The van der Waals surface area contributed by atoms with Crippen molar-refractivity contribution >= 4 is 5.82 Å². The summed E-state index contributed by atoms with van der Waals surface area (Å²) in [5, 5.41) is 23.4. The highest BCUT2D eigenvalue weighted by Gasteiger charge is 2.27. The maximum Gasteiger partial charge on any atom is 0.148 e. The summed E-state index contributed by atoms with van der Waals surface area (Å²) in [6.07, 6.45) is 3.53. The number of nitrogen functional groups attached to an aromatic ring is 1. The van der Waals surface area contributed by atoms with Gasteiger partial charge in [-0.2, -0.15) is 5.26 Å². The molecule has 22 heavy (non-hydrogen) atoms. The molecule has 1 atom stereocenters. The second-order valence-electron chi connectivity index (χ2n) is 5.35. The van der Waals surface area contributed by atoms with E-state index in [0.717, 1.165) is 19.4 Å². The molecule has 2 aromatic rings. The van der Waals surface area contributed by atoms with E-state index in [2.05, 4.69) is 21.4 Å². The molecular weight excluding hydrogens is 278 g/mol. The van der Waals surface area contributed by atoms with Crippen molar-refractivity contribution in [1.82, 2.24) is 15.3 Å². The topological polar surface area (TPSA) is 108 Å². The van der Waals surface area contributed by atoms with Gasteiger partial charge in [0, 0.05) is 24.2 Å². The van der Waals surface area contributed by atoms with Crippen LogP contribution in [0.15, 0.2) is 24.4 Å². The molecule has 1 unspecified atom stereocenters. The number of nitrogens with two attached hydrogens (primary N) is 1. The Hall–Kier alpha value is -2.65. The average Bonchev–Trinajstić information content (AvgIpc) is 2.57. The molecule has 1 fully saturated rings. The Morgan fingerprint density at radius 1 is 1.41 bits per heavy atom. The van der Waals surface area contributed by atoms with E-state index in [-0.39, 0.29) is 23.0 Å². The zero-order valence-electron chi connectivity index (χ0n) is 12.1. The first kappa shape index (κ1) is 14.3. The van der Waals surface area contributed by atoms with Crippen LogP contribution < -0.4 is 11.1 Å². The van der Waals surface area contributed by atoms with Crippen LogP contribution in [0.1, 0.15) is 29.9 Å². The molecule has 0 aliphatic carbocycles. The summed E-state index contributed by atoms with van der Waals surface area (Å²) >= 11 is 0. The number of nitrogens with zero attached hydrogens (tertiary/aromatic N) is 3. The van der Waals surface area contributed by atoms with Crippen molar-refractivity contribution in [3.8, 4) is 23.2 Å². The van der Waals surface area contributed by atoms with Gasteiger partial charge in [0.15, 0.2) is 0 Å². The largest absolute Gasteiger partial charge is 0.505 e. The Bertz CT molecular complexity index is 718. The minimum Gasteiger partial charge on any atom is -0.505 e. The summed E-state index contributed by atoms with van der Waals surface area (Å²) in [5.41, 5.74) is 7.68. The van der Waals surface area contributed by atoms with Gasteiger partial charge in [-0.15, -0.1) is 0 Å². The fourth-order valence-electron chi connectivity index (χ4n) is 2.91. The molecule has 0 aromatic carbocycles. The zero-order valence-corrected chi connectivity index (χ0v) is 12.1. The molecule has 1 aliphatic rings. The van der Waals surface area contributed by atoms with E-state index in [1.807, 2.05) is 6.07 Å². The minimum atomic E-state index is 0.0122. The van der Waals surface area contributed by atoms with Crippen LogP contribution in [0.5, 0.6) is 5.75 Å². The van der Waals surface area contributed by atoms with E-state index in [9.17, 15) is 10.4 Å². The third kappa shape index (κ3) is 2.47. The Morgan fingerprint density at radius 3 is 2.91 bits per heavy atom. The summed E-state index contributed by atoms with van der Waals surface area (Å²) in [6.45, 7) is 1.67. The maximum absolute atomic E-state index is 10.7. The van der Waals surface area contributed by atoms with Gasteiger partial charge in [0.05, 0.1) is 5.69 Å². The van der Waals surface area contributed by atoms with E-state index in [4.69, 9.17) is 5.73 Å². The molecule has 3 rings (SSSR count). The van der Waals surface area contributed by atoms with Gasteiger partial charge in [0.1, 0.15) is 28.9 Å². The molecule has 0 amide bonds. The van der Waals surface area contributed by atoms with Crippen LogP contribution in [0.2, 0.25) is 0 Å². The molecule has 6 nitrogen and oxygen atoms in total. The molecule has 3 heterocycles. The Morgan fingerprint density at radius 2 is 2.27 bits per heavy atom. The monoisotopic (exact) mass is 295 g/mol. The predicted molar refractivity (Wildman–Crippen MR) is 83.1 cm³/mol. The van der Waals surface area contributed by atoms with Gasteiger partial charge >= 0.3 is 0 Å². The van der Waals surface area contributed by atoms with Gasteiger partial charge in [-0.3, -0.25) is 4.98 Å². The molecule has 1 saturated heterocycles. The molecule has 0 saturated carbocycles. The molecular formula is C16H17N5O. The number of piperidine rings is 1. The van der Waals surface area contributed by atoms with E-state index in [0.29, 0.717) is 23.5 Å². The van der Waals surface area contributed by atoms with E-state index < -0.39 is 0 Å². The summed E-state index contributed by atoms with van der Waals surface area (Å²) < 4.78 is 0. The van der Waals surface area contributed by atoms with Crippen molar-refractivity contribution in [2.24, 2.45) is 0 Å². The number of nitriles is 1. The molecule has 0 radical (unpaired) electrons. The van der Waals surface area contributed by atoms with Gasteiger partial charge in [-0.1, -0.05) is 6.07 Å². The van der Waals surface area contributed by atoms with Crippen molar-refractivity contribution in [1.29, 1.82) is 5.26 Å². The zero-order chi connectivity index (χ0) is 15.5. The van der Waals surface area contributed by atoms with Crippen molar-refractivity contribution in [3.05, 3.63) is 35.5 Å². The number of aromatic nitrogens is 2. The maximum atomic E-state index is 10.7. The smallest absolute Gasteiger partial charge is 0.148 e. The van der Waals surface area contributed by atoms with E-state index in [1.54, 1.807) is 18.3 Å². The molecule has 0 bridgehead atoms. The molecule has 1 aliphatic heterocycles. The SMILES string of the molecule is N#Cc1c(N)nc(-c2ccccn2)c(O)c1C1CCCNC1. The fraction of sp³-hybridized carbons (Fsp3) is 0.312. The molecule has 0 spiro atoms. The predicted octanol–water partition coefficient (Wildman–Crippen LogP) is 1.77. The third-order valence-electron chi connectivity index (χ3n) is 3.96. The van der Waals surface area contributed by atoms with E-state index >= 15 is 0 Å². The van der Waals surface area contributed by atoms with Gasteiger partial charge < -0.3 is 16.2 Å². The first-order valence-corrected chi connectivity index (χ1v) is 7.27. The number of hydrogen-bond donors (Lipinski definition) is 3. The normalized spacial score (nSPS) is 17.9. The molecule has 2 aromatic heterocycles. The van der Waals surface area contributed by atoms with Crippen LogP contribution >= 0.6 is 0 Å². The summed E-state index contributed by atoms with van der Waals surface area (Å²) in [5.74, 6) is 0.204. The Labute approximate surface area is 128 Å². The van der Waals surface area contributed by atoms with Crippen molar-refractivity contribution in [2.75, 3.05) is 18.8 Å². The second kappa shape index (κ2) is 6.00. The highest BCUT2D eigenvalue weighted by Crippen LogP contribution is 2.40. The standard InChI is InChI=1S/C16H17N5O/c17-8-11-13(10-4-3-6-19-9-10)15(22)14(21-16(11)18)12-5-1-2-7-20-12/h1-2,5,7,10,19,22H,3-4,6,9H2,(H2,18,21). The first-order valence-electron chi connectivity index (χ1n) is 7.27. The average molecular weight is 295 g/mol.